The van der Waals surface area contributed by atoms with Crippen molar-refractivity contribution in [3.63, 3.8) is 0 Å². The van der Waals surface area contributed by atoms with Crippen molar-refractivity contribution in [1.29, 1.82) is 0 Å². The zero-order valence-corrected chi connectivity index (χ0v) is 28.8. The van der Waals surface area contributed by atoms with E-state index in [1.807, 2.05) is 0 Å². The molecule has 0 amide bonds. The van der Waals surface area contributed by atoms with E-state index in [0.717, 1.165) is 5.69 Å². The standard InChI is InChI=1S/C52H31N/c1-4-19-38-32(12-1)14-10-27-46(38)53(47-30-35-13-2-3-18-37(35)39-20-5-6-21-40(39)47)48-31-36-17-9-24-42-41-22-7-15-33-28-29-34-16-8-23-43(50(34)49(33)41)44-25-11-26-45(48)52(44)51(36)42/h1-31H. The molecule has 0 aliphatic heterocycles. The molecule has 0 unspecified atom stereocenters. The van der Waals surface area contributed by atoms with Crippen LogP contribution in [0.1, 0.15) is 0 Å². The Hall–Kier alpha value is -6.96. The predicted octanol–water partition coefficient (Wildman–Crippen LogP) is 15.0. The third kappa shape index (κ3) is 3.97. The van der Waals surface area contributed by atoms with E-state index >= 15 is 0 Å². The normalized spacial score (nSPS) is 12.2. The van der Waals surface area contributed by atoms with Crippen molar-refractivity contribution in [2.75, 3.05) is 4.90 Å². The Balaban J connectivity index is 1.33. The van der Waals surface area contributed by atoms with Crippen LogP contribution >= 0.6 is 0 Å². The molecule has 1 heteroatoms. The molecule has 0 radical (unpaired) electrons. The molecule has 0 N–H and O–H groups in total. The summed E-state index contributed by atoms with van der Waals surface area (Å²) in [5.74, 6) is 0. The number of hydrogen-bond acceptors (Lipinski definition) is 1. The number of hydrogen-bond donors (Lipinski definition) is 0. The third-order valence-corrected chi connectivity index (χ3v) is 11.7. The second-order valence-corrected chi connectivity index (χ2v) is 14.4. The summed E-state index contributed by atoms with van der Waals surface area (Å²) in [7, 11) is 0. The summed E-state index contributed by atoms with van der Waals surface area (Å²) in [5, 5.41) is 22.8. The van der Waals surface area contributed by atoms with Crippen LogP contribution in [0.15, 0.2) is 188 Å². The Morgan fingerprint density at radius 2 is 0.623 bits per heavy atom. The third-order valence-electron chi connectivity index (χ3n) is 11.7. The van der Waals surface area contributed by atoms with Gasteiger partial charge < -0.3 is 4.90 Å². The van der Waals surface area contributed by atoms with Crippen molar-refractivity contribution in [1.82, 2.24) is 0 Å². The van der Waals surface area contributed by atoms with Gasteiger partial charge in [-0.2, -0.15) is 0 Å². The first-order valence-electron chi connectivity index (χ1n) is 18.4. The molecule has 53 heavy (non-hydrogen) atoms. The highest BCUT2D eigenvalue weighted by Gasteiger charge is 2.24. The van der Waals surface area contributed by atoms with Crippen molar-refractivity contribution in [2.45, 2.75) is 0 Å². The Morgan fingerprint density at radius 1 is 0.208 bits per heavy atom. The Bertz CT molecular complexity index is 3460. The van der Waals surface area contributed by atoms with Gasteiger partial charge in [0.25, 0.3) is 0 Å². The van der Waals surface area contributed by atoms with Gasteiger partial charge in [-0.1, -0.05) is 170 Å². The van der Waals surface area contributed by atoms with Crippen molar-refractivity contribution in [3.8, 4) is 0 Å². The number of fused-ring (bicyclic) bond motifs is 6. The molecule has 0 spiro atoms. The summed E-state index contributed by atoms with van der Waals surface area (Å²) < 4.78 is 0. The van der Waals surface area contributed by atoms with Crippen LogP contribution in [0, 0.1) is 0 Å². The van der Waals surface area contributed by atoms with E-state index in [4.69, 9.17) is 0 Å². The molecule has 12 rings (SSSR count). The molecule has 0 aliphatic rings. The van der Waals surface area contributed by atoms with Crippen LogP contribution in [0.4, 0.5) is 17.1 Å². The van der Waals surface area contributed by atoms with Gasteiger partial charge in [0.15, 0.2) is 0 Å². The van der Waals surface area contributed by atoms with Gasteiger partial charge in [0.05, 0.1) is 17.1 Å². The predicted molar refractivity (Wildman–Crippen MR) is 230 cm³/mol. The average Bonchev–Trinajstić information content (AvgIpc) is 3.22. The summed E-state index contributed by atoms with van der Waals surface area (Å²) >= 11 is 0. The molecule has 244 valence electrons. The molecule has 0 atom stereocenters. The van der Waals surface area contributed by atoms with E-state index in [2.05, 4.69) is 193 Å². The smallest absolute Gasteiger partial charge is 0.0547 e. The lowest BCUT2D eigenvalue weighted by Crippen LogP contribution is -2.12. The van der Waals surface area contributed by atoms with E-state index < -0.39 is 0 Å². The van der Waals surface area contributed by atoms with E-state index in [0.29, 0.717) is 0 Å². The average molecular weight is 670 g/mol. The van der Waals surface area contributed by atoms with Crippen LogP contribution < -0.4 is 4.90 Å². The molecule has 0 fully saturated rings. The molecular weight excluding hydrogens is 639 g/mol. The van der Waals surface area contributed by atoms with Gasteiger partial charge in [0.1, 0.15) is 0 Å². The molecule has 0 saturated carbocycles. The maximum absolute atomic E-state index is 2.55. The highest BCUT2D eigenvalue weighted by atomic mass is 15.1. The van der Waals surface area contributed by atoms with Crippen LogP contribution in [-0.4, -0.2) is 0 Å². The molecule has 0 aliphatic carbocycles. The van der Waals surface area contributed by atoms with Crippen molar-refractivity contribution in [3.05, 3.63) is 188 Å². The zero-order valence-electron chi connectivity index (χ0n) is 28.8. The molecule has 0 saturated heterocycles. The fourth-order valence-corrected chi connectivity index (χ4v) is 9.48. The highest BCUT2D eigenvalue weighted by molar-refractivity contribution is 6.38. The molecular formula is C52H31N. The molecule has 0 aromatic heterocycles. The molecule has 1 nitrogen and oxygen atoms in total. The summed E-state index contributed by atoms with van der Waals surface area (Å²) in [6, 6.07) is 70.1. The lowest BCUT2D eigenvalue weighted by molar-refractivity contribution is 1.34. The second-order valence-electron chi connectivity index (χ2n) is 14.4. The van der Waals surface area contributed by atoms with Crippen molar-refractivity contribution >= 4 is 114 Å². The van der Waals surface area contributed by atoms with Gasteiger partial charge in [-0.05, 0) is 93.6 Å². The van der Waals surface area contributed by atoms with Gasteiger partial charge in [0, 0.05) is 21.5 Å². The molecule has 0 bridgehead atoms. The largest absolute Gasteiger partial charge is 0.309 e. The summed E-state index contributed by atoms with van der Waals surface area (Å²) in [6.45, 7) is 0. The molecule has 0 heterocycles. The maximum atomic E-state index is 2.55. The number of rotatable bonds is 3. The summed E-state index contributed by atoms with van der Waals surface area (Å²) in [6.07, 6.45) is 0. The van der Waals surface area contributed by atoms with E-state index in [9.17, 15) is 0 Å². The zero-order chi connectivity index (χ0) is 34.6. The number of benzene rings is 11. The monoisotopic (exact) mass is 669 g/mol. The van der Waals surface area contributed by atoms with Gasteiger partial charge in [-0.15, -0.1) is 0 Å². The summed E-state index contributed by atoms with van der Waals surface area (Å²) in [4.78, 5) is 2.55. The minimum Gasteiger partial charge on any atom is -0.309 e. The van der Waals surface area contributed by atoms with Gasteiger partial charge in [0.2, 0.25) is 0 Å². The first kappa shape index (κ1) is 28.7. The van der Waals surface area contributed by atoms with E-state index in [-0.39, 0.29) is 0 Å². The van der Waals surface area contributed by atoms with E-state index in [1.165, 1.54) is 108 Å². The maximum Gasteiger partial charge on any atom is 0.0547 e. The molecule has 12 aromatic carbocycles. The number of nitrogens with zero attached hydrogens (tertiary/aromatic N) is 1. The van der Waals surface area contributed by atoms with Crippen LogP contribution in [0.25, 0.3) is 97.0 Å². The second kappa shape index (κ2) is 10.8. The number of anilines is 3. The lowest BCUT2D eigenvalue weighted by atomic mass is 9.87. The fraction of sp³-hybridized carbons (Fsp3) is 0. The summed E-state index contributed by atoms with van der Waals surface area (Å²) in [5.41, 5.74) is 3.50. The van der Waals surface area contributed by atoms with Crippen molar-refractivity contribution in [2.24, 2.45) is 0 Å². The minimum atomic E-state index is 1.16. The highest BCUT2D eigenvalue weighted by Crippen LogP contribution is 2.50. The van der Waals surface area contributed by atoms with Crippen LogP contribution in [0.2, 0.25) is 0 Å². The van der Waals surface area contributed by atoms with Gasteiger partial charge in [-0.3, -0.25) is 0 Å². The lowest BCUT2D eigenvalue weighted by Gasteiger charge is -2.30. The van der Waals surface area contributed by atoms with E-state index in [1.54, 1.807) is 0 Å². The van der Waals surface area contributed by atoms with Crippen LogP contribution in [0.3, 0.4) is 0 Å². The van der Waals surface area contributed by atoms with Gasteiger partial charge in [-0.25, -0.2) is 0 Å². The molecule has 12 aromatic rings. The first-order valence-corrected chi connectivity index (χ1v) is 18.4. The SMILES string of the molecule is c1ccc2c(N(c3cc4ccccc4c4ccccc34)c3cc4cccc5c6cccc7ccc8cccc(c9cccc3c9c45)c8c76)cccc2c1. The van der Waals surface area contributed by atoms with Crippen molar-refractivity contribution < 1.29 is 0 Å². The Labute approximate surface area is 305 Å². The first-order chi connectivity index (χ1) is 26.3. The fourth-order valence-electron chi connectivity index (χ4n) is 9.48. The van der Waals surface area contributed by atoms with Crippen LogP contribution in [-0.2, 0) is 0 Å². The minimum absolute atomic E-state index is 1.16. The quantitative estimate of drug-likeness (QED) is 0.169. The Kier molecular flexibility index (Phi) is 5.84. The topological polar surface area (TPSA) is 3.24 Å². The van der Waals surface area contributed by atoms with Crippen LogP contribution in [0.5, 0.6) is 0 Å². The van der Waals surface area contributed by atoms with Gasteiger partial charge >= 0.3 is 0 Å². The Morgan fingerprint density at radius 3 is 1.34 bits per heavy atom.